The maximum Gasteiger partial charge on any atom is 0.0672 e. The first-order valence-electron chi connectivity index (χ1n) is 6.73. The number of ether oxygens (including phenoxy) is 1. The van der Waals surface area contributed by atoms with Gasteiger partial charge in [-0.25, -0.2) is 0 Å². The number of rotatable bonds is 9. The zero-order chi connectivity index (χ0) is 12.7. The predicted molar refractivity (Wildman–Crippen MR) is 73.1 cm³/mol. The van der Waals surface area contributed by atoms with E-state index in [1.54, 1.807) is 0 Å². The minimum Gasteiger partial charge on any atom is -0.376 e. The normalized spacial score (nSPS) is 19.7. The summed E-state index contributed by atoms with van der Waals surface area (Å²) in [5.74, 6) is 0.882. The molecule has 0 aliphatic heterocycles. The summed E-state index contributed by atoms with van der Waals surface area (Å²) in [4.78, 5) is 0. The fourth-order valence-electron chi connectivity index (χ4n) is 2.23. The molecule has 1 aliphatic rings. The molecule has 100 valence electrons. The molecule has 0 aromatic rings. The molecule has 1 atom stereocenters. The predicted octanol–water partition coefficient (Wildman–Crippen LogP) is 2.08. The van der Waals surface area contributed by atoms with Crippen LogP contribution in [0.5, 0.6) is 0 Å². The van der Waals surface area contributed by atoms with Gasteiger partial charge >= 0.3 is 0 Å². The second kappa shape index (κ2) is 7.14. The monoisotopic (exact) mass is 240 g/mol. The van der Waals surface area contributed by atoms with Crippen molar-refractivity contribution in [2.24, 2.45) is 11.7 Å². The maximum absolute atomic E-state index is 5.88. The Kier molecular flexibility index (Phi) is 6.17. The van der Waals surface area contributed by atoms with Gasteiger partial charge in [-0.3, -0.25) is 0 Å². The van der Waals surface area contributed by atoms with Crippen LogP contribution in [-0.2, 0) is 4.74 Å². The van der Waals surface area contributed by atoms with Crippen LogP contribution in [0.15, 0.2) is 12.2 Å². The van der Waals surface area contributed by atoms with E-state index in [2.05, 4.69) is 18.8 Å². The van der Waals surface area contributed by atoms with E-state index in [0.29, 0.717) is 13.2 Å². The van der Waals surface area contributed by atoms with Crippen molar-refractivity contribution >= 4 is 0 Å². The molecule has 0 amide bonds. The lowest BCUT2D eigenvalue weighted by Crippen LogP contribution is -2.51. The van der Waals surface area contributed by atoms with Crippen LogP contribution >= 0.6 is 0 Å². The Balaban J connectivity index is 2.13. The molecule has 3 N–H and O–H groups in total. The first-order valence-corrected chi connectivity index (χ1v) is 6.73. The average Bonchev–Trinajstić information content (AvgIpc) is 2.23. The van der Waals surface area contributed by atoms with Crippen LogP contribution in [0.3, 0.4) is 0 Å². The minimum absolute atomic E-state index is 0.0810. The first kappa shape index (κ1) is 14.7. The molecule has 17 heavy (non-hydrogen) atoms. The number of nitrogens with one attached hydrogen (secondary N) is 1. The number of nitrogens with two attached hydrogens (primary N) is 1. The SMILES string of the molecule is C=C(C)COCCNC(C)(CN)CC1CCC1. The topological polar surface area (TPSA) is 47.3 Å². The standard InChI is InChI=1S/C14H28N2O/c1-12(2)10-17-8-7-16-14(3,11-15)9-13-5-4-6-13/h13,16H,1,4-11,15H2,2-3H3. The molecule has 0 aromatic heterocycles. The van der Waals surface area contributed by atoms with Crippen LogP contribution in [0.4, 0.5) is 0 Å². The third kappa shape index (κ3) is 5.66. The van der Waals surface area contributed by atoms with Crippen LogP contribution in [0.25, 0.3) is 0 Å². The third-order valence-corrected chi connectivity index (χ3v) is 3.56. The fourth-order valence-corrected chi connectivity index (χ4v) is 2.23. The van der Waals surface area contributed by atoms with Crippen molar-refractivity contribution in [3.63, 3.8) is 0 Å². The summed E-state index contributed by atoms with van der Waals surface area (Å²) in [7, 11) is 0. The molecule has 1 fully saturated rings. The van der Waals surface area contributed by atoms with Gasteiger partial charge in [-0.2, -0.15) is 0 Å². The van der Waals surface area contributed by atoms with E-state index in [4.69, 9.17) is 10.5 Å². The van der Waals surface area contributed by atoms with E-state index >= 15 is 0 Å². The highest BCUT2D eigenvalue weighted by molar-refractivity contribution is 4.89. The van der Waals surface area contributed by atoms with Crippen LogP contribution in [0.1, 0.15) is 39.5 Å². The Morgan fingerprint density at radius 3 is 2.71 bits per heavy atom. The van der Waals surface area contributed by atoms with E-state index in [0.717, 1.165) is 24.6 Å². The van der Waals surface area contributed by atoms with Crippen molar-refractivity contribution in [2.45, 2.75) is 45.1 Å². The van der Waals surface area contributed by atoms with Crippen molar-refractivity contribution < 1.29 is 4.74 Å². The van der Waals surface area contributed by atoms with Gasteiger partial charge < -0.3 is 15.8 Å². The molecule has 0 heterocycles. The Morgan fingerprint density at radius 2 is 2.24 bits per heavy atom. The third-order valence-electron chi connectivity index (χ3n) is 3.56. The maximum atomic E-state index is 5.88. The van der Waals surface area contributed by atoms with Crippen LogP contribution in [0, 0.1) is 5.92 Å². The van der Waals surface area contributed by atoms with Crippen molar-refractivity contribution in [1.82, 2.24) is 5.32 Å². The minimum atomic E-state index is 0.0810. The molecule has 0 spiro atoms. The van der Waals surface area contributed by atoms with Crippen LogP contribution in [-0.4, -0.2) is 31.8 Å². The highest BCUT2D eigenvalue weighted by Crippen LogP contribution is 2.33. The van der Waals surface area contributed by atoms with Gasteiger partial charge in [-0.05, 0) is 26.2 Å². The zero-order valence-electron chi connectivity index (χ0n) is 11.4. The smallest absolute Gasteiger partial charge is 0.0672 e. The van der Waals surface area contributed by atoms with Crippen LogP contribution < -0.4 is 11.1 Å². The quantitative estimate of drug-likeness (QED) is 0.479. The first-order chi connectivity index (χ1) is 8.06. The zero-order valence-corrected chi connectivity index (χ0v) is 11.4. The van der Waals surface area contributed by atoms with Crippen molar-refractivity contribution in [3.05, 3.63) is 12.2 Å². The van der Waals surface area contributed by atoms with E-state index in [9.17, 15) is 0 Å². The van der Waals surface area contributed by atoms with Gasteiger partial charge in [0.1, 0.15) is 0 Å². The molecule has 0 bridgehead atoms. The van der Waals surface area contributed by atoms with Gasteiger partial charge in [-0.15, -0.1) is 0 Å². The van der Waals surface area contributed by atoms with Gasteiger partial charge in [0, 0.05) is 18.6 Å². The highest BCUT2D eigenvalue weighted by atomic mass is 16.5. The average molecular weight is 240 g/mol. The Morgan fingerprint density at radius 1 is 1.53 bits per heavy atom. The highest BCUT2D eigenvalue weighted by Gasteiger charge is 2.29. The largest absolute Gasteiger partial charge is 0.376 e. The number of hydrogen-bond acceptors (Lipinski definition) is 3. The molecule has 1 unspecified atom stereocenters. The summed E-state index contributed by atoms with van der Waals surface area (Å²) >= 11 is 0. The van der Waals surface area contributed by atoms with E-state index < -0.39 is 0 Å². The molecule has 0 aromatic carbocycles. The second-order valence-corrected chi connectivity index (χ2v) is 5.70. The molecular weight excluding hydrogens is 212 g/mol. The van der Waals surface area contributed by atoms with Gasteiger partial charge in [-0.1, -0.05) is 31.4 Å². The lowest BCUT2D eigenvalue weighted by atomic mass is 9.76. The van der Waals surface area contributed by atoms with Gasteiger partial charge in [0.05, 0.1) is 13.2 Å². The van der Waals surface area contributed by atoms with E-state index in [1.807, 2.05) is 6.92 Å². The van der Waals surface area contributed by atoms with Gasteiger partial charge in [0.15, 0.2) is 0 Å². The summed E-state index contributed by atoms with van der Waals surface area (Å²) < 4.78 is 5.48. The molecular formula is C14H28N2O. The summed E-state index contributed by atoms with van der Waals surface area (Å²) in [6.07, 6.45) is 5.35. The molecule has 1 rings (SSSR count). The molecule has 1 aliphatic carbocycles. The second-order valence-electron chi connectivity index (χ2n) is 5.70. The summed E-state index contributed by atoms with van der Waals surface area (Å²) in [6, 6.07) is 0. The van der Waals surface area contributed by atoms with Crippen molar-refractivity contribution in [1.29, 1.82) is 0 Å². The summed E-state index contributed by atoms with van der Waals surface area (Å²) in [5, 5.41) is 3.54. The summed E-state index contributed by atoms with van der Waals surface area (Å²) in [5.41, 5.74) is 7.03. The Bertz CT molecular complexity index is 238. The molecule has 1 saturated carbocycles. The molecule has 3 heteroatoms. The Labute approximate surface area is 106 Å². The summed E-state index contributed by atoms with van der Waals surface area (Å²) in [6.45, 7) is 11.0. The van der Waals surface area contributed by atoms with Crippen molar-refractivity contribution in [2.75, 3.05) is 26.3 Å². The Hall–Kier alpha value is -0.380. The van der Waals surface area contributed by atoms with E-state index in [-0.39, 0.29) is 5.54 Å². The lowest BCUT2D eigenvalue weighted by molar-refractivity contribution is 0.140. The van der Waals surface area contributed by atoms with Crippen molar-refractivity contribution in [3.8, 4) is 0 Å². The van der Waals surface area contributed by atoms with Crippen LogP contribution in [0.2, 0.25) is 0 Å². The molecule has 0 radical (unpaired) electrons. The molecule has 0 saturated heterocycles. The van der Waals surface area contributed by atoms with Gasteiger partial charge in [0.25, 0.3) is 0 Å². The van der Waals surface area contributed by atoms with E-state index in [1.165, 1.54) is 25.7 Å². The lowest BCUT2D eigenvalue weighted by Gasteiger charge is -2.37. The number of hydrogen-bond donors (Lipinski definition) is 2. The van der Waals surface area contributed by atoms with Gasteiger partial charge in [0.2, 0.25) is 0 Å². The fraction of sp³-hybridized carbons (Fsp3) is 0.857. The molecule has 3 nitrogen and oxygen atoms in total.